The van der Waals surface area contributed by atoms with Crippen LogP contribution in [-0.2, 0) is 4.79 Å². The molecule has 24 heavy (non-hydrogen) atoms. The summed E-state index contributed by atoms with van der Waals surface area (Å²) in [6.45, 7) is 3.61. The molecule has 1 fully saturated rings. The molecule has 0 radical (unpaired) electrons. The van der Waals surface area contributed by atoms with Gasteiger partial charge in [0.05, 0.1) is 6.04 Å². The van der Waals surface area contributed by atoms with E-state index in [1.165, 1.54) is 0 Å². The Morgan fingerprint density at radius 3 is 2.46 bits per heavy atom. The topological polar surface area (TPSA) is 70.2 Å². The minimum absolute atomic E-state index is 0.159. The largest absolute Gasteiger partial charge is 0.335 e. The van der Waals surface area contributed by atoms with Gasteiger partial charge in [-0.15, -0.1) is 0 Å². The summed E-state index contributed by atoms with van der Waals surface area (Å²) in [6.07, 6.45) is 4.19. The molecule has 0 aliphatic heterocycles. The van der Waals surface area contributed by atoms with Gasteiger partial charge in [0.2, 0.25) is 5.91 Å². The van der Waals surface area contributed by atoms with Gasteiger partial charge in [-0.25, -0.2) is 4.79 Å². The molecule has 1 aromatic rings. The van der Waals surface area contributed by atoms with E-state index in [-0.39, 0.29) is 18.0 Å². The van der Waals surface area contributed by atoms with Gasteiger partial charge in [0.1, 0.15) is 0 Å². The number of urea groups is 1. The van der Waals surface area contributed by atoms with E-state index in [0.29, 0.717) is 10.0 Å². The lowest BCUT2D eigenvalue weighted by atomic mass is 10.1. The van der Waals surface area contributed by atoms with Crippen molar-refractivity contribution in [2.24, 2.45) is 0 Å². The molecule has 2 unspecified atom stereocenters. The first-order valence-corrected chi connectivity index (χ1v) is 8.94. The summed E-state index contributed by atoms with van der Waals surface area (Å²) in [7, 11) is 0. The Balaban J connectivity index is 1.84. The minimum Gasteiger partial charge on any atom is -0.335 e. The van der Waals surface area contributed by atoms with E-state index in [1.54, 1.807) is 19.1 Å². The molecule has 3 amide bonds. The monoisotopic (exact) mass is 371 g/mol. The molecule has 1 aliphatic carbocycles. The molecule has 0 heterocycles. The number of rotatable bonds is 5. The number of carbonyl (C=O) groups is 2. The molecule has 7 heteroatoms. The predicted octanol–water partition coefficient (Wildman–Crippen LogP) is 3.80. The van der Waals surface area contributed by atoms with Crippen molar-refractivity contribution in [1.82, 2.24) is 16.0 Å². The van der Waals surface area contributed by atoms with E-state index in [4.69, 9.17) is 23.2 Å². The Hall–Kier alpha value is -1.30. The number of benzene rings is 1. The van der Waals surface area contributed by atoms with Crippen molar-refractivity contribution in [2.45, 2.75) is 57.7 Å². The third-order valence-electron chi connectivity index (χ3n) is 4.25. The average molecular weight is 372 g/mol. The Labute approximate surface area is 152 Å². The fourth-order valence-electron chi connectivity index (χ4n) is 2.90. The van der Waals surface area contributed by atoms with Crippen molar-refractivity contribution in [3.05, 3.63) is 33.8 Å². The lowest BCUT2D eigenvalue weighted by Crippen LogP contribution is -2.50. The van der Waals surface area contributed by atoms with Crippen LogP contribution in [0, 0.1) is 0 Å². The zero-order chi connectivity index (χ0) is 17.7. The summed E-state index contributed by atoms with van der Waals surface area (Å²) in [5.74, 6) is -0.373. The van der Waals surface area contributed by atoms with E-state index in [2.05, 4.69) is 16.0 Å². The minimum atomic E-state index is -0.541. The van der Waals surface area contributed by atoms with Crippen molar-refractivity contribution >= 4 is 35.1 Å². The maximum atomic E-state index is 12.1. The molecule has 0 spiro atoms. The van der Waals surface area contributed by atoms with Crippen molar-refractivity contribution in [3.8, 4) is 0 Å². The summed E-state index contributed by atoms with van der Waals surface area (Å²) in [5, 5.41) is 9.44. The zero-order valence-corrected chi connectivity index (χ0v) is 15.4. The lowest BCUT2D eigenvalue weighted by molar-refractivity contribution is -0.121. The van der Waals surface area contributed by atoms with Crippen molar-refractivity contribution in [2.75, 3.05) is 0 Å². The second kappa shape index (κ2) is 8.70. The highest BCUT2D eigenvalue weighted by Gasteiger charge is 2.22. The van der Waals surface area contributed by atoms with Gasteiger partial charge in [-0.1, -0.05) is 42.1 Å². The number of carbonyl (C=O) groups excluding carboxylic acids is 2. The first kappa shape index (κ1) is 19.0. The molecule has 5 nitrogen and oxygen atoms in total. The predicted molar refractivity (Wildman–Crippen MR) is 96.4 cm³/mol. The van der Waals surface area contributed by atoms with E-state index >= 15 is 0 Å². The quantitative estimate of drug-likeness (QED) is 0.736. The number of hydrogen-bond donors (Lipinski definition) is 3. The molecule has 132 valence electrons. The molecule has 3 N–H and O–H groups in total. The summed E-state index contributed by atoms with van der Waals surface area (Å²) in [4.78, 5) is 24.0. The number of amides is 3. The van der Waals surface area contributed by atoms with E-state index in [0.717, 1.165) is 31.2 Å². The summed E-state index contributed by atoms with van der Waals surface area (Å²) in [6, 6.07) is 4.27. The van der Waals surface area contributed by atoms with Crippen LogP contribution >= 0.6 is 23.2 Å². The fourth-order valence-corrected chi connectivity index (χ4v) is 3.48. The van der Waals surface area contributed by atoms with Crippen LogP contribution in [0.3, 0.4) is 0 Å². The normalized spacial score (nSPS) is 17.3. The molecule has 1 aromatic carbocycles. The highest BCUT2D eigenvalue weighted by Crippen LogP contribution is 2.26. The third-order valence-corrected chi connectivity index (χ3v) is 4.81. The van der Waals surface area contributed by atoms with Crippen molar-refractivity contribution in [1.29, 1.82) is 0 Å². The summed E-state index contributed by atoms with van der Waals surface area (Å²) < 4.78 is 0. The second-order valence-corrected chi connectivity index (χ2v) is 7.06. The van der Waals surface area contributed by atoms with Gasteiger partial charge in [0.25, 0.3) is 0 Å². The Bertz CT molecular complexity index is 603. The third kappa shape index (κ3) is 5.36. The van der Waals surface area contributed by atoms with Gasteiger partial charge in [0.15, 0.2) is 0 Å². The van der Waals surface area contributed by atoms with Crippen LogP contribution in [-0.4, -0.2) is 24.0 Å². The van der Waals surface area contributed by atoms with Crippen molar-refractivity contribution in [3.63, 3.8) is 0 Å². The van der Waals surface area contributed by atoms with E-state index < -0.39 is 12.1 Å². The first-order valence-electron chi connectivity index (χ1n) is 8.19. The first-order chi connectivity index (χ1) is 11.4. The molecule has 2 rings (SSSR count). The van der Waals surface area contributed by atoms with E-state index in [1.807, 2.05) is 13.0 Å². The molecule has 0 bridgehead atoms. The molecule has 2 atom stereocenters. The average Bonchev–Trinajstić information content (AvgIpc) is 2.99. The van der Waals surface area contributed by atoms with Crippen LogP contribution in [0.25, 0.3) is 0 Å². The zero-order valence-electron chi connectivity index (χ0n) is 13.9. The van der Waals surface area contributed by atoms with Gasteiger partial charge in [-0.05, 0) is 44.4 Å². The number of nitrogens with one attached hydrogen (secondary N) is 3. The highest BCUT2D eigenvalue weighted by atomic mass is 35.5. The SMILES string of the molecule is CC(NC(C)c1ccc(Cl)cc1Cl)C(=O)NC(=O)NC1CCCC1. The van der Waals surface area contributed by atoms with Crippen LogP contribution in [0.2, 0.25) is 10.0 Å². The Morgan fingerprint density at radius 2 is 1.83 bits per heavy atom. The summed E-state index contributed by atoms with van der Waals surface area (Å²) >= 11 is 12.1. The number of hydrogen-bond acceptors (Lipinski definition) is 3. The van der Waals surface area contributed by atoms with Gasteiger partial charge in [-0.3, -0.25) is 15.4 Å². The van der Waals surface area contributed by atoms with Gasteiger partial charge in [-0.2, -0.15) is 0 Å². The van der Waals surface area contributed by atoms with Crippen LogP contribution in [0.5, 0.6) is 0 Å². The van der Waals surface area contributed by atoms with Crippen LogP contribution in [0.15, 0.2) is 18.2 Å². The number of halogens is 2. The molecular formula is C17H23Cl2N3O2. The van der Waals surface area contributed by atoms with Gasteiger partial charge < -0.3 is 5.32 Å². The van der Waals surface area contributed by atoms with Crippen LogP contribution in [0.4, 0.5) is 4.79 Å². The fraction of sp³-hybridized carbons (Fsp3) is 0.529. The maximum absolute atomic E-state index is 12.1. The van der Waals surface area contributed by atoms with Crippen LogP contribution < -0.4 is 16.0 Å². The maximum Gasteiger partial charge on any atom is 0.321 e. The van der Waals surface area contributed by atoms with E-state index in [9.17, 15) is 9.59 Å². The second-order valence-electron chi connectivity index (χ2n) is 6.22. The standard InChI is InChI=1S/C17H23Cl2N3O2/c1-10(14-8-7-12(18)9-15(14)19)20-11(2)16(23)22-17(24)21-13-5-3-4-6-13/h7-11,13,20H,3-6H2,1-2H3,(H2,21,22,23,24). The van der Waals surface area contributed by atoms with Crippen LogP contribution in [0.1, 0.15) is 51.1 Å². The number of imide groups is 1. The highest BCUT2D eigenvalue weighted by molar-refractivity contribution is 6.35. The van der Waals surface area contributed by atoms with Gasteiger partial charge in [0, 0.05) is 22.1 Å². The molecule has 0 aromatic heterocycles. The molecular weight excluding hydrogens is 349 g/mol. The Kier molecular flexibility index (Phi) is 6.90. The Morgan fingerprint density at radius 1 is 1.17 bits per heavy atom. The lowest BCUT2D eigenvalue weighted by Gasteiger charge is -2.21. The smallest absolute Gasteiger partial charge is 0.321 e. The molecule has 1 aliphatic rings. The van der Waals surface area contributed by atoms with Gasteiger partial charge >= 0.3 is 6.03 Å². The van der Waals surface area contributed by atoms with Crippen molar-refractivity contribution < 1.29 is 9.59 Å². The molecule has 1 saturated carbocycles. The molecule has 0 saturated heterocycles. The summed E-state index contributed by atoms with van der Waals surface area (Å²) in [5.41, 5.74) is 0.844.